The van der Waals surface area contributed by atoms with Crippen LogP contribution in [-0.4, -0.2) is 23.6 Å². The molecule has 0 fully saturated rings. The smallest absolute Gasteiger partial charge is 0.340 e. The van der Waals surface area contributed by atoms with Gasteiger partial charge in [-0.2, -0.15) is 0 Å². The van der Waals surface area contributed by atoms with Crippen molar-refractivity contribution in [1.82, 2.24) is 0 Å². The summed E-state index contributed by atoms with van der Waals surface area (Å²) in [5.41, 5.74) is 0.930. The van der Waals surface area contributed by atoms with Gasteiger partial charge in [-0.05, 0) is 42.8 Å². The van der Waals surface area contributed by atoms with E-state index in [4.69, 9.17) is 16.3 Å². The van der Waals surface area contributed by atoms with Crippen LogP contribution in [0.15, 0.2) is 64.3 Å². The first-order chi connectivity index (χ1) is 12.5. The maximum absolute atomic E-state index is 12.8. The molecule has 2 aromatic carbocycles. The van der Waals surface area contributed by atoms with Crippen LogP contribution < -0.4 is 4.90 Å². The maximum Gasteiger partial charge on any atom is 0.340 e. The Morgan fingerprint density at radius 3 is 2.50 bits per heavy atom. The minimum Gasteiger partial charge on any atom is -0.503 e. The third kappa shape index (κ3) is 3.22. The van der Waals surface area contributed by atoms with Crippen LogP contribution >= 0.6 is 27.5 Å². The van der Waals surface area contributed by atoms with Crippen LogP contribution in [0.1, 0.15) is 18.5 Å². The number of amides is 1. The number of aliphatic hydroxyl groups is 1. The van der Waals surface area contributed by atoms with Crippen LogP contribution in [0.5, 0.6) is 0 Å². The standard InChI is InChI=1S/C19H15BrClNO4/c1-2-26-19(25)15-16(13-5-3-4-6-14(13)21)22(18(24)17(15)23)12-9-7-11(20)8-10-12/h3-10,16,23H,2H2,1H3. The minimum absolute atomic E-state index is 0.118. The average Bonchev–Trinajstić information content (AvgIpc) is 2.88. The Bertz CT molecular complexity index is 895. The van der Waals surface area contributed by atoms with Crippen LogP contribution in [-0.2, 0) is 14.3 Å². The minimum atomic E-state index is -0.878. The van der Waals surface area contributed by atoms with Gasteiger partial charge in [0.2, 0.25) is 0 Å². The summed E-state index contributed by atoms with van der Waals surface area (Å²) in [7, 11) is 0. The molecule has 1 N–H and O–H groups in total. The summed E-state index contributed by atoms with van der Waals surface area (Å²) in [6.07, 6.45) is 0. The molecular weight excluding hydrogens is 422 g/mol. The zero-order valence-electron chi connectivity index (χ0n) is 13.8. The number of hydrogen-bond donors (Lipinski definition) is 1. The molecule has 2 aromatic rings. The monoisotopic (exact) mass is 435 g/mol. The number of carbonyl (C=O) groups excluding carboxylic acids is 2. The van der Waals surface area contributed by atoms with Gasteiger partial charge in [0.25, 0.3) is 5.91 Å². The second-order valence-corrected chi connectivity index (χ2v) is 6.88. The number of ether oxygens (including phenoxy) is 1. The molecule has 0 saturated heterocycles. The average molecular weight is 437 g/mol. The normalized spacial score (nSPS) is 17.0. The molecule has 1 atom stereocenters. The summed E-state index contributed by atoms with van der Waals surface area (Å²) in [6, 6.07) is 13.0. The lowest BCUT2D eigenvalue weighted by Gasteiger charge is -2.27. The van der Waals surface area contributed by atoms with E-state index in [0.717, 1.165) is 4.47 Å². The Kier molecular flexibility index (Phi) is 5.34. The van der Waals surface area contributed by atoms with Gasteiger partial charge in [-0.3, -0.25) is 9.69 Å². The van der Waals surface area contributed by atoms with Crippen molar-refractivity contribution in [3.63, 3.8) is 0 Å². The Labute approximate surface area is 164 Å². The highest BCUT2D eigenvalue weighted by Gasteiger charge is 2.45. The Morgan fingerprint density at radius 2 is 1.88 bits per heavy atom. The highest BCUT2D eigenvalue weighted by Crippen LogP contribution is 2.43. The van der Waals surface area contributed by atoms with Gasteiger partial charge in [0.05, 0.1) is 6.61 Å². The molecular formula is C19H15BrClNO4. The third-order valence-corrected chi connectivity index (χ3v) is 4.88. The number of anilines is 1. The van der Waals surface area contributed by atoms with Crippen molar-refractivity contribution in [2.45, 2.75) is 13.0 Å². The van der Waals surface area contributed by atoms with E-state index in [2.05, 4.69) is 15.9 Å². The molecule has 134 valence electrons. The lowest BCUT2D eigenvalue weighted by atomic mass is 9.99. The predicted octanol–water partition coefficient (Wildman–Crippen LogP) is 4.57. The molecule has 1 amide bonds. The van der Waals surface area contributed by atoms with E-state index in [-0.39, 0.29) is 12.2 Å². The van der Waals surface area contributed by atoms with Gasteiger partial charge in [-0.1, -0.05) is 45.7 Å². The molecule has 0 spiro atoms. The van der Waals surface area contributed by atoms with E-state index in [1.54, 1.807) is 55.5 Å². The van der Waals surface area contributed by atoms with Crippen LogP contribution in [0.2, 0.25) is 5.02 Å². The van der Waals surface area contributed by atoms with Crippen molar-refractivity contribution in [2.24, 2.45) is 0 Å². The van der Waals surface area contributed by atoms with E-state index in [9.17, 15) is 14.7 Å². The zero-order chi connectivity index (χ0) is 18.8. The molecule has 0 aromatic heterocycles. The van der Waals surface area contributed by atoms with Gasteiger partial charge >= 0.3 is 5.97 Å². The van der Waals surface area contributed by atoms with Crippen molar-refractivity contribution in [1.29, 1.82) is 0 Å². The fourth-order valence-corrected chi connectivity index (χ4v) is 3.39. The lowest BCUT2D eigenvalue weighted by molar-refractivity contribution is -0.139. The van der Waals surface area contributed by atoms with Crippen LogP contribution in [0.3, 0.4) is 0 Å². The van der Waals surface area contributed by atoms with Gasteiger partial charge in [-0.25, -0.2) is 4.79 Å². The van der Waals surface area contributed by atoms with E-state index in [0.29, 0.717) is 16.3 Å². The summed E-state index contributed by atoms with van der Waals surface area (Å²) in [5, 5.41) is 10.8. The molecule has 26 heavy (non-hydrogen) atoms. The predicted molar refractivity (Wildman–Crippen MR) is 102 cm³/mol. The largest absolute Gasteiger partial charge is 0.503 e. The van der Waals surface area contributed by atoms with Crippen LogP contribution in [0.25, 0.3) is 0 Å². The van der Waals surface area contributed by atoms with Gasteiger partial charge in [0, 0.05) is 15.2 Å². The molecule has 0 bridgehead atoms. The fourth-order valence-electron chi connectivity index (χ4n) is 2.88. The quantitative estimate of drug-likeness (QED) is 0.713. The van der Waals surface area contributed by atoms with Crippen molar-refractivity contribution >= 4 is 45.1 Å². The SMILES string of the molecule is CCOC(=O)C1=C(O)C(=O)N(c2ccc(Br)cc2)C1c1ccccc1Cl. The summed E-state index contributed by atoms with van der Waals surface area (Å²) in [6.45, 7) is 1.78. The second kappa shape index (κ2) is 7.51. The molecule has 5 nitrogen and oxygen atoms in total. The number of halogens is 2. The molecule has 0 saturated carbocycles. The number of benzene rings is 2. The molecule has 0 radical (unpaired) electrons. The lowest BCUT2D eigenvalue weighted by Crippen LogP contribution is -2.31. The molecule has 1 heterocycles. The summed E-state index contributed by atoms with van der Waals surface area (Å²) < 4.78 is 5.89. The Hall–Kier alpha value is -2.31. The third-order valence-electron chi connectivity index (χ3n) is 4.01. The van der Waals surface area contributed by atoms with Gasteiger partial charge in [-0.15, -0.1) is 0 Å². The molecule has 1 aliphatic heterocycles. The topological polar surface area (TPSA) is 66.8 Å². The molecule has 0 aliphatic carbocycles. The number of carbonyl (C=O) groups is 2. The summed E-state index contributed by atoms with van der Waals surface area (Å²) in [4.78, 5) is 26.6. The van der Waals surface area contributed by atoms with Crippen molar-refractivity contribution < 1.29 is 19.4 Å². The number of nitrogens with zero attached hydrogens (tertiary/aromatic N) is 1. The maximum atomic E-state index is 12.8. The van der Waals surface area contributed by atoms with Gasteiger partial charge in [0.15, 0.2) is 5.76 Å². The number of hydrogen-bond acceptors (Lipinski definition) is 4. The fraction of sp³-hybridized carbons (Fsp3) is 0.158. The van der Waals surface area contributed by atoms with E-state index in [1.165, 1.54) is 4.90 Å². The van der Waals surface area contributed by atoms with Crippen molar-refractivity contribution in [3.05, 3.63) is 74.9 Å². The van der Waals surface area contributed by atoms with Crippen molar-refractivity contribution in [3.8, 4) is 0 Å². The van der Waals surface area contributed by atoms with E-state index in [1.807, 2.05) is 0 Å². The Morgan fingerprint density at radius 1 is 1.23 bits per heavy atom. The second-order valence-electron chi connectivity index (χ2n) is 5.56. The molecule has 3 rings (SSSR count). The number of aliphatic hydroxyl groups excluding tert-OH is 1. The van der Waals surface area contributed by atoms with Crippen molar-refractivity contribution in [2.75, 3.05) is 11.5 Å². The molecule has 1 unspecified atom stereocenters. The van der Waals surface area contributed by atoms with Gasteiger partial charge < -0.3 is 9.84 Å². The van der Waals surface area contributed by atoms with Crippen LogP contribution in [0.4, 0.5) is 5.69 Å². The summed E-state index contributed by atoms with van der Waals surface area (Å²) >= 11 is 9.67. The Balaban J connectivity index is 2.18. The number of esters is 1. The highest BCUT2D eigenvalue weighted by atomic mass is 79.9. The number of rotatable bonds is 4. The summed E-state index contributed by atoms with van der Waals surface area (Å²) in [5.74, 6) is -2.06. The van der Waals surface area contributed by atoms with E-state index < -0.39 is 23.7 Å². The van der Waals surface area contributed by atoms with Crippen LogP contribution in [0, 0.1) is 0 Å². The molecule has 7 heteroatoms. The zero-order valence-corrected chi connectivity index (χ0v) is 16.1. The first kappa shape index (κ1) is 18.5. The first-order valence-corrected chi connectivity index (χ1v) is 9.06. The van der Waals surface area contributed by atoms with E-state index >= 15 is 0 Å². The first-order valence-electron chi connectivity index (χ1n) is 7.89. The highest BCUT2D eigenvalue weighted by molar-refractivity contribution is 9.10. The molecule has 1 aliphatic rings. The van der Waals surface area contributed by atoms with Gasteiger partial charge in [0.1, 0.15) is 11.6 Å².